The maximum atomic E-state index is 6.27. The van der Waals surface area contributed by atoms with Crippen molar-refractivity contribution in [1.82, 2.24) is 0 Å². The summed E-state index contributed by atoms with van der Waals surface area (Å²) in [5.74, 6) is 0. The zero-order chi connectivity index (χ0) is 19.8. The third-order valence-electron chi connectivity index (χ3n) is 6.11. The van der Waals surface area contributed by atoms with E-state index in [0.29, 0.717) is 6.04 Å². The van der Waals surface area contributed by atoms with Gasteiger partial charge in [0, 0.05) is 6.04 Å². The van der Waals surface area contributed by atoms with Crippen molar-refractivity contribution in [3.05, 3.63) is 0 Å². The summed E-state index contributed by atoms with van der Waals surface area (Å²) in [4.78, 5) is 0. The third-order valence-corrected chi connectivity index (χ3v) is 6.11. The van der Waals surface area contributed by atoms with E-state index in [2.05, 4.69) is 13.8 Å². The number of nitrogens with two attached hydrogens (primary N) is 1. The lowest BCUT2D eigenvalue weighted by atomic mass is 10.0. The van der Waals surface area contributed by atoms with Crippen LogP contribution in [-0.4, -0.2) is 6.04 Å². The van der Waals surface area contributed by atoms with Crippen LogP contribution >= 0.6 is 0 Å². The SMILES string of the molecule is CCCCCCCCCCCCCCCCCC(N)CCCCCCCC. The van der Waals surface area contributed by atoms with Crippen LogP contribution in [0.15, 0.2) is 0 Å². The van der Waals surface area contributed by atoms with E-state index in [-0.39, 0.29) is 0 Å². The lowest BCUT2D eigenvalue weighted by molar-refractivity contribution is 0.480. The molecule has 0 spiro atoms. The highest BCUT2D eigenvalue weighted by atomic mass is 14.6. The number of rotatable bonds is 23. The van der Waals surface area contributed by atoms with Gasteiger partial charge in [-0.25, -0.2) is 0 Å². The summed E-state index contributed by atoms with van der Waals surface area (Å²) < 4.78 is 0. The number of hydrogen-bond donors (Lipinski definition) is 1. The zero-order valence-electron chi connectivity index (χ0n) is 19.4. The highest BCUT2D eigenvalue weighted by Gasteiger charge is 2.02. The van der Waals surface area contributed by atoms with E-state index in [1.165, 1.54) is 148 Å². The van der Waals surface area contributed by atoms with E-state index in [1.54, 1.807) is 0 Å². The van der Waals surface area contributed by atoms with Crippen molar-refractivity contribution in [2.45, 2.75) is 168 Å². The van der Waals surface area contributed by atoms with Gasteiger partial charge in [0.05, 0.1) is 0 Å². The third kappa shape index (κ3) is 23.9. The Labute approximate surface area is 173 Å². The summed E-state index contributed by atoms with van der Waals surface area (Å²) >= 11 is 0. The van der Waals surface area contributed by atoms with E-state index < -0.39 is 0 Å². The van der Waals surface area contributed by atoms with Gasteiger partial charge in [0.1, 0.15) is 0 Å². The molecule has 0 aromatic carbocycles. The molecule has 0 aliphatic heterocycles. The Morgan fingerprint density at radius 2 is 0.593 bits per heavy atom. The molecular formula is C26H55N. The average molecular weight is 382 g/mol. The van der Waals surface area contributed by atoms with Crippen LogP contribution in [0.3, 0.4) is 0 Å². The Bertz CT molecular complexity index is 251. The van der Waals surface area contributed by atoms with Crippen LogP contribution in [-0.2, 0) is 0 Å². The van der Waals surface area contributed by atoms with Crippen molar-refractivity contribution in [3.63, 3.8) is 0 Å². The fraction of sp³-hybridized carbons (Fsp3) is 1.00. The Morgan fingerprint density at radius 3 is 0.852 bits per heavy atom. The summed E-state index contributed by atoms with van der Waals surface area (Å²) in [6.45, 7) is 4.58. The molecule has 1 heteroatoms. The van der Waals surface area contributed by atoms with Crippen LogP contribution in [0.5, 0.6) is 0 Å². The quantitative estimate of drug-likeness (QED) is 0.175. The van der Waals surface area contributed by atoms with Gasteiger partial charge in [0.15, 0.2) is 0 Å². The molecule has 0 heterocycles. The van der Waals surface area contributed by atoms with E-state index in [1.807, 2.05) is 0 Å². The van der Waals surface area contributed by atoms with Crippen LogP contribution in [0.25, 0.3) is 0 Å². The molecule has 0 bridgehead atoms. The fourth-order valence-electron chi connectivity index (χ4n) is 4.11. The van der Waals surface area contributed by atoms with E-state index in [9.17, 15) is 0 Å². The monoisotopic (exact) mass is 381 g/mol. The van der Waals surface area contributed by atoms with Gasteiger partial charge in [0.2, 0.25) is 0 Å². The van der Waals surface area contributed by atoms with Gasteiger partial charge in [-0.2, -0.15) is 0 Å². The molecule has 0 radical (unpaired) electrons. The summed E-state index contributed by atoms with van der Waals surface area (Å²) in [5.41, 5.74) is 6.27. The van der Waals surface area contributed by atoms with E-state index >= 15 is 0 Å². The van der Waals surface area contributed by atoms with Crippen LogP contribution < -0.4 is 5.73 Å². The van der Waals surface area contributed by atoms with Gasteiger partial charge in [-0.3, -0.25) is 0 Å². The lowest BCUT2D eigenvalue weighted by Gasteiger charge is -2.11. The summed E-state index contributed by atoms with van der Waals surface area (Å²) in [7, 11) is 0. The molecule has 27 heavy (non-hydrogen) atoms. The first-order valence-electron chi connectivity index (χ1n) is 13.1. The Morgan fingerprint density at radius 1 is 0.370 bits per heavy atom. The molecule has 0 aliphatic rings. The number of unbranched alkanes of at least 4 members (excludes halogenated alkanes) is 19. The molecule has 0 aromatic heterocycles. The van der Waals surface area contributed by atoms with Gasteiger partial charge in [-0.05, 0) is 12.8 Å². The average Bonchev–Trinajstić information content (AvgIpc) is 2.67. The van der Waals surface area contributed by atoms with Crippen molar-refractivity contribution in [2.75, 3.05) is 0 Å². The summed E-state index contributed by atoms with van der Waals surface area (Å²) in [6, 6.07) is 0.471. The fourth-order valence-corrected chi connectivity index (χ4v) is 4.11. The first-order chi connectivity index (χ1) is 13.3. The molecule has 0 amide bonds. The minimum atomic E-state index is 0.471. The van der Waals surface area contributed by atoms with Crippen LogP contribution in [0, 0.1) is 0 Å². The molecule has 1 atom stereocenters. The smallest absolute Gasteiger partial charge is 0.00388 e. The predicted octanol–water partition coefficient (Wildman–Crippen LogP) is 9.33. The van der Waals surface area contributed by atoms with Gasteiger partial charge in [-0.15, -0.1) is 0 Å². The Balaban J connectivity index is 3.09. The molecule has 1 unspecified atom stereocenters. The molecule has 0 rings (SSSR count). The van der Waals surface area contributed by atoms with Crippen LogP contribution in [0.4, 0.5) is 0 Å². The van der Waals surface area contributed by atoms with Crippen molar-refractivity contribution < 1.29 is 0 Å². The molecular weight excluding hydrogens is 326 g/mol. The maximum Gasteiger partial charge on any atom is 0.00388 e. The number of hydrogen-bond acceptors (Lipinski definition) is 1. The van der Waals surface area contributed by atoms with Crippen LogP contribution in [0.1, 0.15) is 162 Å². The molecule has 0 aliphatic carbocycles. The summed E-state index contributed by atoms with van der Waals surface area (Å²) in [6.07, 6.45) is 32.5. The van der Waals surface area contributed by atoms with Gasteiger partial charge < -0.3 is 5.73 Å². The molecule has 0 saturated carbocycles. The second kappa shape index (κ2) is 24.0. The second-order valence-electron chi connectivity index (χ2n) is 9.05. The summed E-state index contributed by atoms with van der Waals surface area (Å²) in [5, 5.41) is 0. The minimum Gasteiger partial charge on any atom is -0.328 e. The highest BCUT2D eigenvalue weighted by molar-refractivity contribution is 4.62. The van der Waals surface area contributed by atoms with Gasteiger partial charge in [0.25, 0.3) is 0 Å². The highest BCUT2D eigenvalue weighted by Crippen LogP contribution is 2.15. The molecule has 164 valence electrons. The Hall–Kier alpha value is -0.0400. The van der Waals surface area contributed by atoms with Crippen molar-refractivity contribution in [3.8, 4) is 0 Å². The topological polar surface area (TPSA) is 26.0 Å². The standard InChI is InChI=1S/C26H55N/c1-3-5-7-9-11-12-13-14-15-16-17-18-19-21-23-25-26(27)24-22-20-10-8-6-4-2/h26H,3-25,27H2,1-2H3. The minimum absolute atomic E-state index is 0.471. The normalized spacial score (nSPS) is 12.6. The largest absolute Gasteiger partial charge is 0.328 e. The first-order valence-corrected chi connectivity index (χ1v) is 13.1. The molecule has 0 fully saturated rings. The molecule has 2 N–H and O–H groups in total. The molecule has 0 aromatic rings. The molecule has 1 nitrogen and oxygen atoms in total. The van der Waals surface area contributed by atoms with Crippen molar-refractivity contribution >= 4 is 0 Å². The van der Waals surface area contributed by atoms with Gasteiger partial charge >= 0.3 is 0 Å². The zero-order valence-corrected chi connectivity index (χ0v) is 19.4. The van der Waals surface area contributed by atoms with E-state index in [0.717, 1.165) is 0 Å². The predicted molar refractivity (Wildman–Crippen MR) is 126 cm³/mol. The maximum absolute atomic E-state index is 6.27. The first kappa shape index (κ1) is 27.0. The van der Waals surface area contributed by atoms with Crippen LogP contribution in [0.2, 0.25) is 0 Å². The van der Waals surface area contributed by atoms with Crippen molar-refractivity contribution in [2.24, 2.45) is 5.73 Å². The molecule has 0 saturated heterocycles. The van der Waals surface area contributed by atoms with Gasteiger partial charge in [-0.1, -0.05) is 149 Å². The lowest BCUT2D eigenvalue weighted by Crippen LogP contribution is -2.19. The van der Waals surface area contributed by atoms with Crippen molar-refractivity contribution in [1.29, 1.82) is 0 Å². The van der Waals surface area contributed by atoms with E-state index in [4.69, 9.17) is 5.73 Å². The second-order valence-corrected chi connectivity index (χ2v) is 9.05. The Kier molecular flexibility index (Phi) is 24.0.